The first-order chi connectivity index (χ1) is 9.78. The van der Waals surface area contributed by atoms with Crippen molar-refractivity contribution in [3.05, 3.63) is 22.3 Å². The monoisotopic (exact) mass is 373 g/mol. The van der Waals surface area contributed by atoms with Crippen molar-refractivity contribution in [3.8, 4) is 0 Å². The van der Waals surface area contributed by atoms with E-state index in [9.17, 15) is 0 Å². The maximum atomic E-state index is 4.66. The van der Waals surface area contributed by atoms with Crippen molar-refractivity contribution in [2.45, 2.75) is 52.2 Å². The molecule has 1 heterocycles. The maximum absolute atomic E-state index is 4.66. The fourth-order valence-corrected chi connectivity index (χ4v) is 3.37. The minimum absolute atomic E-state index is 0.0988. The molecule has 21 heavy (non-hydrogen) atoms. The maximum Gasteiger partial charge on any atom is 0.133 e. The molecule has 0 bridgehead atoms. The molecule has 0 fully saturated rings. The van der Waals surface area contributed by atoms with Crippen LogP contribution in [0.5, 0.6) is 0 Å². The van der Waals surface area contributed by atoms with Crippen LogP contribution in [0.3, 0.4) is 0 Å². The quantitative estimate of drug-likeness (QED) is 0.770. The number of nitrogens with one attached hydrogen (secondary N) is 1. The van der Waals surface area contributed by atoms with E-state index < -0.39 is 0 Å². The third kappa shape index (κ3) is 6.17. The topological polar surface area (TPSA) is 28.2 Å². The third-order valence-electron chi connectivity index (χ3n) is 3.43. The van der Waals surface area contributed by atoms with Crippen LogP contribution >= 0.6 is 27.7 Å². The molecule has 0 aliphatic heterocycles. The standard InChI is InChI=1S/C16H28BrN3S/c1-7-14(11-21-6)20(5)15-12(8-13(17)10-18-15)9-19-16(2,3)4/h8,10,14,19H,7,9,11H2,1-6H3. The van der Waals surface area contributed by atoms with Gasteiger partial charge < -0.3 is 10.2 Å². The van der Waals surface area contributed by atoms with Crippen LogP contribution in [-0.2, 0) is 6.54 Å². The van der Waals surface area contributed by atoms with Crippen molar-refractivity contribution in [1.29, 1.82) is 0 Å². The minimum atomic E-state index is 0.0988. The molecule has 0 radical (unpaired) electrons. The number of aromatic nitrogens is 1. The molecular weight excluding hydrogens is 346 g/mol. The van der Waals surface area contributed by atoms with Gasteiger partial charge in [0.05, 0.1) is 0 Å². The van der Waals surface area contributed by atoms with E-state index in [2.05, 4.69) is 78.2 Å². The molecule has 5 heteroatoms. The SMILES string of the molecule is CCC(CSC)N(C)c1ncc(Br)cc1CNC(C)(C)C. The second kappa shape index (κ2) is 8.39. The Morgan fingerprint density at radius 3 is 2.62 bits per heavy atom. The van der Waals surface area contributed by atoms with Gasteiger partial charge in [0.15, 0.2) is 0 Å². The number of pyridine rings is 1. The van der Waals surface area contributed by atoms with E-state index >= 15 is 0 Å². The summed E-state index contributed by atoms with van der Waals surface area (Å²) in [5.41, 5.74) is 1.34. The Bertz CT molecular complexity index is 446. The van der Waals surface area contributed by atoms with Crippen molar-refractivity contribution in [2.75, 3.05) is 24.0 Å². The largest absolute Gasteiger partial charge is 0.356 e. The molecule has 0 spiro atoms. The molecule has 3 nitrogen and oxygen atoms in total. The summed E-state index contributed by atoms with van der Waals surface area (Å²) >= 11 is 5.43. The number of nitrogens with zero attached hydrogens (tertiary/aromatic N) is 2. The molecule has 0 aromatic carbocycles. The summed E-state index contributed by atoms with van der Waals surface area (Å²) in [7, 11) is 2.15. The lowest BCUT2D eigenvalue weighted by molar-refractivity contribution is 0.423. The zero-order valence-electron chi connectivity index (χ0n) is 14.0. The Morgan fingerprint density at radius 2 is 2.10 bits per heavy atom. The Kier molecular flexibility index (Phi) is 7.51. The average molecular weight is 374 g/mol. The van der Waals surface area contributed by atoms with Crippen LogP contribution in [0.25, 0.3) is 0 Å². The molecule has 0 saturated carbocycles. The number of hydrogen-bond acceptors (Lipinski definition) is 4. The highest BCUT2D eigenvalue weighted by Crippen LogP contribution is 2.24. The van der Waals surface area contributed by atoms with Crippen LogP contribution < -0.4 is 10.2 Å². The number of thioether (sulfide) groups is 1. The minimum Gasteiger partial charge on any atom is -0.356 e. The van der Waals surface area contributed by atoms with E-state index in [4.69, 9.17) is 0 Å². The van der Waals surface area contributed by atoms with Crippen LogP contribution in [0.1, 0.15) is 39.7 Å². The summed E-state index contributed by atoms with van der Waals surface area (Å²) in [5, 5.41) is 3.56. The van der Waals surface area contributed by atoms with E-state index in [1.165, 1.54) is 5.56 Å². The molecule has 0 aliphatic carbocycles. The highest BCUT2D eigenvalue weighted by molar-refractivity contribution is 9.10. The van der Waals surface area contributed by atoms with Gasteiger partial charge in [-0.2, -0.15) is 11.8 Å². The van der Waals surface area contributed by atoms with Gasteiger partial charge in [-0.3, -0.25) is 0 Å². The average Bonchev–Trinajstić information content (AvgIpc) is 2.41. The molecule has 120 valence electrons. The summed E-state index contributed by atoms with van der Waals surface area (Å²) in [6, 6.07) is 2.69. The molecule has 1 aromatic rings. The van der Waals surface area contributed by atoms with Gasteiger partial charge in [0.2, 0.25) is 0 Å². The first-order valence-corrected chi connectivity index (χ1v) is 9.58. The number of halogens is 1. The predicted octanol–water partition coefficient (Wildman–Crippen LogP) is 4.31. The lowest BCUT2D eigenvalue weighted by Gasteiger charge is -2.30. The van der Waals surface area contributed by atoms with Crippen molar-refractivity contribution in [2.24, 2.45) is 0 Å². The fraction of sp³-hybridized carbons (Fsp3) is 0.688. The molecule has 1 unspecified atom stereocenters. The Morgan fingerprint density at radius 1 is 1.43 bits per heavy atom. The summed E-state index contributed by atoms with van der Waals surface area (Å²) in [5.74, 6) is 2.20. The number of rotatable bonds is 7. The summed E-state index contributed by atoms with van der Waals surface area (Å²) in [6.45, 7) is 9.62. The van der Waals surface area contributed by atoms with Crippen LogP contribution in [-0.4, -0.2) is 35.6 Å². The van der Waals surface area contributed by atoms with Crippen molar-refractivity contribution in [1.82, 2.24) is 10.3 Å². The van der Waals surface area contributed by atoms with Crippen molar-refractivity contribution in [3.63, 3.8) is 0 Å². The molecule has 0 aliphatic rings. The molecule has 1 N–H and O–H groups in total. The van der Waals surface area contributed by atoms with E-state index in [1.54, 1.807) is 0 Å². The van der Waals surface area contributed by atoms with Gasteiger partial charge >= 0.3 is 0 Å². The Labute approximate surface area is 142 Å². The van der Waals surface area contributed by atoms with Gasteiger partial charge in [0, 0.05) is 47.2 Å². The highest BCUT2D eigenvalue weighted by atomic mass is 79.9. The van der Waals surface area contributed by atoms with Crippen LogP contribution in [0.2, 0.25) is 0 Å². The number of hydrogen-bond donors (Lipinski definition) is 1. The van der Waals surface area contributed by atoms with Gasteiger partial charge in [-0.1, -0.05) is 6.92 Å². The molecule has 1 atom stereocenters. The smallest absolute Gasteiger partial charge is 0.133 e. The zero-order chi connectivity index (χ0) is 16.0. The fourth-order valence-electron chi connectivity index (χ4n) is 2.15. The van der Waals surface area contributed by atoms with Gasteiger partial charge in [-0.05, 0) is 55.4 Å². The third-order valence-corrected chi connectivity index (χ3v) is 4.58. The second-order valence-corrected chi connectivity index (χ2v) is 8.19. The molecule has 0 amide bonds. The van der Waals surface area contributed by atoms with E-state index in [0.717, 1.165) is 29.0 Å². The van der Waals surface area contributed by atoms with Gasteiger partial charge in [0.25, 0.3) is 0 Å². The molecule has 0 saturated heterocycles. The summed E-state index contributed by atoms with van der Waals surface area (Å²) in [6.07, 6.45) is 5.17. The predicted molar refractivity (Wildman–Crippen MR) is 99.4 cm³/mol. The molecule has 1 aromatic heterocycles. The van der Waals surface area contributed by atoms with Crippen molar-refractivity contribution >= 4 is 33.5 Å². The van der Waals surface area contributed by atoms with Gasteiger partial charge in [-0.25, -0.2) is 4.98 Å². The van der Waals surface area contributed by atoms with E-state index in [1.807, 2.05) is 18.0 Å². The second-order valence-electron chi connectivity index (χ2n) is 6.37. The van der Waals surface area contributed by atoms with Crippen LogP contribution in [0, 0.1) is 0 Å². The first-order valence-electron chi connectivity index (χ1n) is 7.39. The normalized spacial score (nSPS) is 13.3. The summed E-state index contributed by atoms with van der Waals surface area (Å²) in [4.78, 5) is 6.98. The first kappa shape index (κ1) is 18.8. The molecule has 1 rings (SSSR count). The van der Waals surface area contributed by atoms with Gasteiger partial charge in [0.1, 0.15) is 5.82 Å². The highest BCUT2D eigenvalue weighted by Gasteiger charge is 2.18. The number of anilines is 1. The lowest BCUT2D eigenvalue weighted by Crippen LogP contribution is -2.37. The summed E-state index contributed by atoms with van der Waals surface area (Å²) < 4.78 is 1.03. The van der Waals surface area contributed by atoms with Crippen LogP contribution in [0.15, 0.2) is 16.7 Å². The van der Waals surface area contributed by atoms with Gasteiger partial charge in [-0.15, -0.1) is 0 Å². The lowest BCUT2D eigenvalue weighted by atomic mass is 10.1. The zero-order valence-corrected chi connectivity index (χ0v) is 16.4. The van der Waals surface area contributed by atoms with Crippen molar-refractivity contribution < 1.29 is 0 Å². The Balaban J connectivity index is 2.99. The molecular formula is C16H28BrN3S. The van der Waals surface area contributed by atoms with E-state index in [-0.39, 0.29) is 5.54 Å². The van der Waals surface area contributed by atoms with Crippen LogP contribution in [0.4, 0.5) is 5.82 Å². The Hall–Kier alpha value is -0.260. The van der Waals surface area contributed by atoms with E-state index in [0.29, 0.717) is 6.04 Å².